The molecule has 0 fully saturated rings. The van der Waals surface area contributed by atoms with E-state index in [2.05, 4.69) is 49.0 Å². The molecule has 0 aliphatic heterocycles. The molecule has 114 valence electrons. The first kappa shape index (κ1) is 16.8. The highest BCUT2D eigenvalue weighted by Gasteiger charge is 2.21. The second kappa shape index (κ2) is 8.10. The van der Waals surface area contributed by atoms with Gasteiger partial charge in [0.15, 0.2) is 0 Å². The van der Waals surface area contributed by atoms with Crippen LogP contribution in [0.15, 0.2) is 18.3 Å². The smallest absolute Gasteiger partial charge is 0.239 e. The second-order valence-corrected chi connectivity index (χ2v) is 5.99. The number of carbonyl (C=O) groups is 1. The van der Waals surface area contributed by atoms with Gasteiger partial charge in [-0.1, -0.05) is 20.8 Å². The Kier molecular flexibility index (Phi) is 6.79. The molecule has 0 saturated heterocycles. The number of likely N-dealkylation sites (N-methyl/N-ethyl adjacent to an activating group) is 1. The normalized spacial score (nSPS) is 12.7. The summed E-state index contributed by atoms with van der Waals surface area (Å²) in [7, 11) is 3.63. The molecule has 0 bridgehead atoms. The first-order valence-corrected chi connectivity index (χ1v) is 7.54. The van der Waals surface area contributed by atoms with Gasteiger partial charge in [-0.05, 0) is 30.9 Å². The monoisotopic (exact) mass is 279 g/mol. The van der Waals surface area contributed by atoms with Gasteiger partial charge in [0.25, 0.3) is 0 Å². The van der Waals surface area contributed by atoms with Gasteiger partial charge in [-0.3, -0.25) is 4.79 Å². The Labute approximate surface area is 123 Å². The van der Waals surface area contributed by atoms with Crippen molar-refractivity contribution in [2.24, 2.45) is 5.92 Å². The zero-order valence-electron chi connectivity index (χ0n) is 13.5. The van der Waals surface area contributed by atoms with E-state index in [-0.39, 0.29) is 11.9 Å². The number of aromatic nitrogens is 1. The van der Waals surface area contributed by atoms with Gasteiger partial charge in [0.05, 0.1) is 6.04 Å². The van der Waals surface area contributed by atoms with Crippen LogP contribution in [-0.4, -0.2) is 35.5 Å². The highest BCUT2D eigenvalue weighted by Crippen LogP contribution is 2.09. The van der Waals surface area contributed by atoms with Gasteiger partial charge in [-0.15, -0.1) is 0 Å². The van der Waals surface area contributed by atoms with Gasteiger partial charge in [0.1, 0.15) is 0 Å². The van der Waals surface area contributed by atoms with Crippen LogP contribution in [0.4, 0.5) is 0 Å². The molecular weight excluding hydrogens is 250 g/mol. The summed E-state index contributed by atoms with van der Waals surface area (Å²) in [5, 5.41) is 3.42. The lowest BCUT2D eigenvalue weighted by molar-refractivity contribution is -0.131. The average molecular weight is 279 g/mol. The van der Waals surface area contributed by atoms with Crippen LogP contribution in [0.1, 0.15) is 39.3 Å². The van der Waals surface area contributed by atoms with Crippen molar-refractivity contribution in [3.63, 3.8) is 0 Å². The molecule has 0 aliphatic carbocycles. The van der Waals surface area contributed by atoms with Gasteiger partial charge >= 0.3 is 0 Å². The molecule has 1 unspecified atom stereocenters. The lowest BCUT2D eigenvalue weighted by Crippen LogP contribution is -2.44. The first-order valence-electron chi connectivity index (χ1n) is 7.54. The minimum Gasteiger partial charge on any atom is -0.350 e. The molecule has 0 radical (unpaired) electrons. The maximum atomic E-state index is 12.2. The Balaban J connectivity index is 2.65. The number of hydrogen-bond donors (Lipinski definition) is 1. The molecule has 0 spiro atoms. The van der Waals surface area contributed by atoms with E-state index < -0.39 is 0 Å². The van der Waals surface area contributed by atoms with E-state index in [0.717, 1.165) is 25.9 Å². The highest BCUT2D eigenvalue weighted by molar-refractivity contribution is 5.81. The zero-order chi connectivity index (χ0) is 15.1. The van der Waals surface area contributed by atoms with Crippen LogP contribution in [0.3, 0.4) is 0 Å². The van der Waals surface area contributed by atoms with Crippen molar-refractivity contribution in [2.45, 2.75) is 52.7 Å². The predicted octanol–water partition coefficient (Wildman–Crippen LogP) is 2.49. The molecule has 1 rings (SSSR count). The van der Waals surface area contributed by atoms with Gasteiger partial charge < -0.3 is 14.8 Å². The molecule has 0 aliphatic rings. The van der Waals surface area contributed by atoms with Gasteiger partial charge in [-0.25, -0.2) is 0 Å². The van der Waals surface area contributed by atoms with E-state index in [0.29, 0.717) is 5.92 Å². The summed E-state index contributed by atoms with van der Waals surface area (Å²) < 4.78 is 2.25. The van der Waals surface area contributed by atoms with Crippen molar-refractivity contribution < 1.29 is 4.79 Å². The van der Waals surface area contributed by atoms with Crippen molar-refractivity contribution in [1.82, 2.24) is 14.8 Å². The fourth-order valence-electron chi connectivity index (χ4n) is 2.35. The first-order chi connectivity index (χ1) is 9.45. The third kappa shape index (κ3) is 5.00. The molecule has 1 aromatic rings. The Morgan fingerprint density at radius 1 is 1.40 bits per heavy atom. The predicted molar refractivity (Wildman–Crippen MR) is 83.5 cm³/mol. The van der Waals surface area contributed by atoms with Crippen LogP contribution in [-0.2, 0) is 17.9 Å². The maximum absolute atomic E-state index is 12.2. The Morgan fingerprint density at radius 2 is 2.10 bits per heavy atom. The maximum Gasteiger partial charge on any atom is 0.239 e. The van der Waals surface area contributed by atoms with E-state index in [1.165, 1.54) is 5.69 Å². The van der Waals surface area contributed by atoms with Crippen molar-refractivity contribution in [3.8, 4) is 0 Å². The van der Waals surface area contributed by atoms with E-state index in [1.54, 1.807) is 4.90 Å². The summed E-state index contributed by atoms with van der Waals surface area (Å²) >= 11 is 0. The minimum absolute atomic E-state index is 0.102. The lowest BCUT2D eigenvalue weighted by Gasteiger charge is -2.23. The molecule has 4 nitrogen and oxygen atoms in total. The van der Waals surface area contributed by atoms with Crippen LogP contribution in [0.2, 0.25) is 0 Å². The van der Waals surface area contributed by atoms with E-state index >= 15 is 0 Å². The van der Waals surface area contributed by atoms with Gasteiger partial charge in [0.2, 0.25) is 5.91 Å². The number of nitrogens with one attached hydrogen (secondary N) is 1. The molecule has 0 aromatic carbocycles. The summed E-state index contributed by atoms with van der Waals surface area (Å²) in [6, 6.07) is 4.09. The Morgan fingerprint density at radius 3 is 2.65 bits per heavy atom. The summed E-state index contributed by atoms with van der Waals surface area (Å²) in [4.78, 5) is 13.9. The number of rotatable bonds is 8. The number of hydrogen-bond acceptors (Lipinski definition) is 2. The van der Waals surface area contributed by atoms with Crippen molar-refractivity contribution >= 4 is 5.91 Å². The molecule has 20 heavy (non-hydrogen) atoms. The third-order valence-corrected chi connectivity index (χ3v) is 3.36. The summed E-state index contributed by atoms with van der Waals surface area (Å²) in [5.74, 6) is 0.658. The quantitative estimate of drug-likeness (QED) is 0.794. The Bertz CT molecular complexity index is 410. The minimum atomic E-state index is -0.102. The fourth-order valence-corrected chi connectivity index (χ4v) is 2.35. The topological polar surface area (TPSA) is 37.3 Å². The largest absolute Gasteiger partial charge is 0.350 e. The summed E-state index contributed by atoms with van der Waals surface area (Å²) in [6.45, 7) is 8.24. The van der Waals surface area contributed by atoms with Crippen molar-refractivity contribution in [3.05, 3.63) is 24.0 Å². The van der Waals surface area contributed by atoms with E-state index in [1.807, 2.05) is 14.1 Å². The van der Waals surface area contributed by atoms with Crippen LogP contribution in [0.25, 0.3) is 0 Å². The van der Waals surface area contributed by atoms with Crippen LogP contribution in [0.5, 0.6) is 0 Å². The van der Waals surface area contributed by atoms with E-state index in [9.17, 15) is 4.79 Å². The number of aryl methyl sites for hydroxylation is 1. The summed E-state index contributed by atoms with van der Waals surface area (Å²) in [6.07, 6.45) is 4.09. The summed E-state index contributed by atoms with van der Waals surface area (Å²) in [5.41, 5.74) is 1.24. The van der Waals surface area contributed by atoms with E-state index in [4.69, 9.17) is 0 Å². The fraction of sp³-hybridized carbons (Fsp3) is 0.688. The van der Waals surface area contributed by atoms with Crippen LogP contribution >= 0.6 is 0 Å². The molecule has 1 aromatic heterocycles. The van der Waals surface area contributed by atoms with Crippen molar-refractivity contribution in [2.75, 3.05) is 14.1 Å². The third-order valence-electron chi connectivity index (χ3n) is 3.36. The van der Waals surface area contributed by atoms with Crippen LogP contribution < -0.4 is 5.32 Å². The molecule has 1 N–H and O–H groups in total. The molecule has 1 heterocycles. The van der Waals surface area contributed by atoms with Gasteiger partial charge in [-0.2, -0.15) is 0 Å². The average Bonchev–Trinajstić information content (AvgIpc) is 2.81. The molecular formula is C16H29N3O. The van der Waals surface area contributed by atoms with Crippen LogP contribution in [0, 0.1) is 5.92 Å². The molecule has 4 heteroatoms. The number of carbonyl (C=O) groups excluding carboxylic acids is 1. The van der Waals surface area contributed by atoms with Gasteiger partial charge in [0, 0.05) is 39.1 Å². The molecule has 0 saturated carbocycles. The standard InChI is InChI=1S/C16H29N3O/c1-6-9-19-10-7-8-14(19)12-17-15(11-13(2)3)16(20)18(4)5/h7-8,10,13,15,17H,6,9,11-12H2,1-5H3. The number of amides is 1. The Hall–Kier alpha value is -1.29. The molecule has 1 amide bonds. The SMILES string of the molecule is CCCn1cccc1CNC(CC(C)C)C(=O)N(C)C. The molecule has 1 atom stereocenters. The highest BCUT2D eigenvalue weighted by atomic mass is 16.2. The van der Waals surface area contributed by atoms with Crippen molar-refractivity contribution in [1.29, 1.82) is 0 Å². The number of nitrogens with zero attached hydrogens (tertiary/aromatic N) is 2. The zero-order valence-corrected chi connectivity index (χ0v) is 13.5. The second-order valence-electron chi connectivity index (χ2n) is 5.99. The lowest BCUT2D eigenvalue weighted by atomic mass is 10.0.